The summed E-state index contributed by atoms with van der Waals surface area (Å²) in [6.45, 7) is 8.61. The zero-order valence-corrected chi connectivity index (χ0v) is 11.6. The molecule has 0 bridgehead atoms. The van der Waals surface area contributed by atoms with Crippen molar-refractivity contribution < 1.29 is 0 Å². The molecule has 0 aromatic rings. The number of hydrogen-bond donors (Lipinski definition) is 1. The van der Waals surface area contributed by atoms with E-state index < -0.39 is 0 Å². The molecule has 2 aliphatic heterocycles. The molecule has 2 fully saturated rings. The Morgan fingerprint density at radius 3 is 2.41 bits per heavy atom. The van der Waals surface area contributed by atoms with Gasteiger partial charge in [-0.25, -0.2) is 0 Å². The Morgan fingerprint density at radius 2 is 1.82 bits per heavy atom. The molecule has 0 saturated carbocycles. The smallest absolute Gasteiger partial charge is 0.0210 e. The van der Waals surface area contributed by atoms with Gasteiger partial charge in [0.2, 0.25) is 0 Å². The average Bonchev–Trinajstić information content (AvgIpc) is 2.55. The third kappa shape index (κ3) is 4.23. The van der Waals surface area contributed by atoms with Crippen molar-refractivity contribution in [2.75, 3.05) is 39.8 Å². The normalized spacial score (nSPS) is 32.8. The second-order valence-electron chi connectivity index (χ2n) is 5.93. The average molecular weight is 239 g/mol. The first-order valence-corrected chi connectivity index (χ1v) is 7.41. The summed E-state index contributed by atoms with van der Waals surface area (Å²) in [5.74, 6) is 0. The standard InChI is InChI=1S/C14H29N3/c1-13-11-14(12-16(13)2)15-7-10-17-8-5-3-4-6-9-17/h13-15H,3-12H2,1-2H3. The number of hydrogen-bond acceptors (Lipinski definition) is 3. The van der Waals surface area contributed by atoms with Crippen LogP contribution in [0.2, 0.25) is 0 Å². The van der Waals surface area contributed by atoms with Gasteiger partial charge in [0.05, 0.1) is 0 Å². The largest absolute Gasteiger partial charge is 0.311 e. The summed E-state index contributed by atoms with van der Waals surface area (Å²) in [6, 6.07) is 1.48. The summed E-state index contributed by atoms with van der Waals surface area (Å²) in [4.78, 5) is 5.10. The molecule has 2 aliphatic rings. The van der Waals surface area contributed by atoms with E-state index in [0.717, 1.165) is 12.1 Å². The summed E-state index contributed by atoms with van der Waals surface area (Å²) >= 11 is 0. The molecule has 0 aromatic carbocycles. The predicted molar refractivity (Wildman–Crippen MR) is 73.4 cm³/mol. The van der Waals surface area contributed by atoms with Crippen LogP contribution in [-0.2, 0) is 0 Å². The highest BCUT2D eigenvalue weighted by Gasteiger charge is 2.25. The van der Waals surface area contributed by atoms with Crippen molar-refractivity contribution in [3.63, 3.8) is 0 Å². The maximum absolute atomic E-state index is 3.73. The second-order valence-corrected chi connectivity index (χ2v) is 5.93. The van der Waals surface area contributed by atoms with Crippen LogP contribution in [0.3, 0.4) is 0 Å². The van der Waals surface area contributed by atoms with Crippen molar-refractivity contribution in [2.24, 2.45) is 0 Å². The minimum atomic E-state index is 0.724. The lowest BCUT2D eigenvalue weighted by atomic mass is 10.2. The summed E-state index contributed by atoms with van der Waals surface area (Å²) in [6.07, 6.45) is 7.01. The van der Waals surface area contributed by atoms with E-state index in [1.54, 1.807) is 0 Å². The van der Waals surface area contributed by atoms with Gasteiger partial charge in [-0.2, -0.15) is 0 Å². The lowest BCUT2D eigenvalue weighted by Gasteiger charge is -2.21. The van der Waals surface area contributed by atoms with Crippen LogP contribution in [0.4, 0.5) is 0 Å². The summed E-state index contributed by atoms with van der Waals surface area (Å²) in [5, 5.41) is 3.73. The Bertz CT molecular complexity index is 200. The van der Waals surface area contributed by atoms with Crippen molar-refractivity contribution in [3.05, 3.63) is 0 Å². The monoisotopic (exact) mass is 239 g/mol. The van der Waals surface area contributed by atoms with Gasteiger partial charge in [-0.3, -0.25) is 0 Å². The van der Waals surface area contributed by atoms with Crippen LogP contribution in [0.25, 0.3) is 0 Å². The minimum Gasteiger partial charge on any atom is -0.311 e. The third-order valence-electron chi connectivity index (χ3n) is 4.45. The molecule has 0 spiro atoms. The number of nitrogens with zero attached hydrogens (tertiary/aromatic N) is 2. The van der Waals surface area contributed by atoms with Gasteiger partial charge in [0.15, 0.2) is 0 Å². The first kappa shape index (κ1) is 13.3. The predicted octanol–water partition coefficient (Wildman–Crippen LogP) is 1.54. The molecule has 3 nitrogen and oxygen atoms in total. The van der Waals surface area contributed by atoms with Crippen LogP contribution in [0.1, 0.15) is 39.0 Å². The Balaban J connectivity index is 1.59. The number of likely N-dealkylation sites (tertiary alicyclic amines) is 2. The Labute approximate surface area is 107 Å². The van der Waals surface area contributed by atoms with Gasteiger partial charge >= 0.3 is 0 Å². The summed E-state index contributed by atoms with van der Waals surface area (Å²) in [7, 11) is 2.24. The first-order valence-electron chi connectivity index (χ1n) is 7.41. The molecule has 2 atom stereocenters. The second kappa shape index (κ2) is 6.72. The summed E-state index contributed by atoms with van der Waals surface area (Å²) in [5.41, 5.74) is 0. The van der Waals surface area contributed by atoms with E-state index >= 15 is 0 Å². The maximum atomic E-state index is 3.73. The highest BCUT2D eigenvalue weighted by molar-refractivity contribution is 4.85. The van der Waals surface area contributed by atoms with Gasteiger partial charge in [-0.1, -0.05) is 12.8 Å². The Hall–Kier alpha value is -0.120. The van der Waals surface area contributed by atoms with Gasteiger partial charge in [0.1, 0.15) is 0 Å². The molecule has 2 unspecified atom stereocenters. The molecule has 0 aromatic heterocycles. The van der Waals surface area contributed by atoms with Gasteiger partial charge in [0.25, 0.3) is 0 Å². The maximum Gasteiger partial charge on any atom is 0.0210 e. The lowest BCUT2D eigenvalue weighted by Crippen LogP contribution is -2.38. The van der Waals surface area contributed by atoms with Crippen molar-refractivity contribution >= 4 is 0 Å². The quantitative estimate of drug-likeness (QED) is 0.803. The van der Waals surface area contributed by atoms with Crippen molar-refractivity contribution in [3.8, 4) is 0 Å². The first-order chi connectivity index (χ1) is 8.25. The molecular weight excluding hydrogens is 210 g/mol. The molecule has 3 heteroatoms. The summed E-state index contributed by atoms with van der Waals surface area (Å²) < 4.78 is 0. The molecule has 2 rings (SSSR count). The van der Waals surface area contributed by atoms with Crippen molar-refractivity contribution in [2.45, 2.75) is 51.1 Å². The lowest BCUT2D eigenvalue weighted by molar-refractivity contribution is 0.278. The number of likely N-dealkylation sites (N-methyl/N-ethyl adjacent to an activating group) is 1. The van der Waals surface area contributed by atoms with Crippen LogP contribution in [0.15, 0.2) is 0 Å². The topological polar surface area (TPSA) is 18.5 Å². The molecule has 2 saturated heterocycles. The van der Waals surface area contributed by atoms with Crippen LogP contribution < -0.4 is 5.32 Å². The molecule has 100 valence electrons. The van der Waals surface area contributed by atoms with E-state index in [1.807, 2.05) is 0 Å². The highest BCUT2D eigenvalue weighted by Crippen LogP contribution is 2.14. The SMILES string of the molecule is CC1CC(NCCN2CCCCCC2)CN1C. The van der Waals surface area contributed by atoms with Crippen molar-refractivity contribution in [1.29, 1.82) is 0 Å². The minimum absolute atomic E-state index is 0.724. The zero-order valence-electron chi connectivity index (χ0n) is 11.6. The molecule has 0 radical (unpaired) electrons. The van der Waals surface area contributed by atoms with E-state index in [2.05, 4.69) is 29.1 Å². The van der Waals surface area contributed by atoms with Crippen molar-refractivity contribution in [1.82, 2.24) is 15.1 Å². The van der Waals surface area contributed by atoms with E-state index in [1.165, 1.54) is 64.8 Å². The van der Waals surface area contributed by atoms with Gasteiger partial charge in [-0.05, 0) is 46.3 Å². The van der Waals surface area contributed by atoms with E-state index in [-0.39, 0.29) is 0 Å². The van der Waals surface area contributed by atoms with Crippen LogP contribution in [-0.4, -0.2) is 61.7 Å². The molecule has 1 N–H and O–H groups in total. The molecular formula is C14H29N3. The highest BCUT2D eigenvalue weighted by atomic mass is 15.2. The fourth-order valence-electron chi connectivity index (χ4n) is 3.13. The Morgan fingerprint density at radius 1 is 1.12 bits per heavy atom. The van der Waals surface area contributed by atoms with E-state index in [9.17, 15) is 0 Å². The zero-order chi connectivity index (χ0) is 12.1. The van der Waals surface area contributed by atoms with Gasteiger partial charge < -0.3 is 15.1 Å². The number of nitrogens with one attached hydrogen (secondary N) is 1. The van der Waals surface area contributed by atoms with E-state index in [4.69, 9.17) is 0 Å². The molecule has 0 aliphatic carbocycles. The number of rotatable bonds is 4. The van der Waals surface area contributed by atoms with Crippen LogP contribution in [0.5, 0.6) is 0 Å². The fraction of sp³-hybridized carbons (Fsp3) is 1.00. The van der Waals surface area contributed by atoms with Crippen LogP contribution >= 0.6 is 0 Å². The van der Waals surface area contributed by atoms with Gasteiger partial charge in [0, 0.05) is 31.7 Å². The molecule has 2 heterocycles. The Kier molecular flexibility index (Phi) is 5.26. The molecule has 17 heavy (non-hydrogen) atoms. The van der Waals surface area contributed by atoms with E-state index in [0.29, 0.717) is 0 Å². The van der Waals surface area contributed by atoms with Crippen LogP contribution in [0, 0.1) is 0 Å². The third-order valence-corrected chi connectivity index (χ3v) is 4.45. The van der Waals surface area contributed by atoms with Gasteiger partial charge in [-0.15, -0.1) is 0 Å². The fourth-order valence-corrected chi connectivity index (χ4v) is 3.13. The molecule has 0 amide bonds.